The number of aromatic amines is 1. The Bertz CT molecular complexity index is 1280. The number of hydrogen-bond acceptors (Lipinski definition) is 4. The van der Waals surface area contributed by atoms with Crippen molar-refractivity contribution >= 4 is 34.3 Å². The van der Waals surface area contributed by atoms with Crippen molar-refractivity contribution in [3.8, 4) is 0 Å². The molecule has 162 valence electrons. The molecular weight excluding hydrogens is 414 g/mol. The molecule has 2 aromatic heterocycles. The largest absolute Gasteiger partial charge is 0.347 e. The Labute approximate surface area is 182 Å². The Morgan fingerprint density at radius 2 is 1.88 bits per heavy atom. The maximum Gasteiger partial charge on any atom is 0.323 e. The third kappa shape index (κ3) is 3.84. The Balaban J connectivity index is 1.42. The first-order valence-electron chi connectivity index (χ1n) is 10.3. The predicted octanol–water partition coefficient (Wildman–Crippen LogP) is 5.22. The number of aromatic nitrogens is 3. The number of nitrogens with one attached hydrogen (secondary N) is 3. The third-order valence-electron chi connectivity index (χ3n) is 5.53. The molecule has 0 unspecified atom stereocenters. The molecule has 0 bridgehead atoms. The van der Waals surface area contributed by atoms with Crippen LogP contribution in [0.5, 0.6) is 0 Å². The number of nitrogens with zero attached hydrogens (tertiary/aromatic N) is 3. The van der Waals surface area contributed by atoms with Crippen LogP contribution in [0.15, 0.2) is 60.8 Å². The highest BCUT2D eigenvalue weighted by atomic mass is 19.1. The number of pyridine rings is 1. The number of halogens is 2. The Morgan fingerprint density at radius 1 is 1.06 bits per heavy atom. The van der Waals surface area contributed by atoms with E-state index >= 15 is 0 Å². The first kappa shape index (κ1) is 19.9. The Kier molecular flexibility index (Phi) is 5.14. The van der Waals surface area contributed by atoms with Crippen molar-refractivity contribution < 1.29 is 13.6 Å². The molecule has 1 aliphatic rings. The van der Waals surface area contributed by atoms with Gasteiger partial charge >= 0.3 is 6.03 Å². The number of amides is 2. The van der Waals surface area contributed by atoms with Gasteiger partial charge in [-0.1, -0.05) is 18.2 Å². The van der Waals surface area contributed by atoms with Crippen LogP contribution in [0.25, 0.3) is 11.0 Å². The van der Waals surface area contributed by atoms with Crippen LogP contribution in [-0.2, 0) is 0 Å². The van der Waals surface area contributed by atoms with E-state index in [9.17, 15) is 13.6 Å². The van der Waals surface area contributed by atoms with E-state index in [1.807, 2.05) is 23.1 Å². The van der Waals surface area contributed by atoms with E-state index in [2.05, 4.69) is 25.8 Å². The van der Waals surface area contributed by atoms with Gasteiger partial charge in [-0.25, -0.2) is 18.6 Å². The number of hydrogen-bond donors (Lipinski definition) is 3. The number of carbonyl (C=O) groups excluding carboxylic acids is 1. The summed E-state index contributed by atoms with van der Waals surface area (Å²) < 4.78 is 28.2. The minimum absolute atomic E-state index is 0.308. The molecule has 0 radical (unpaired) electrons. The second-order valence-electron chi connectivity index (χ2n) is 7.63. The standard InChI is InChI=1S/C23H20F2N6O/c24-14-8-9-19(25)17(11-14)20-7-4-10-31(20)22-18-12-16(13-26-21(18)29-30-22)28-23(32)27-15-5-2-1-3-6-15/h1-3,5-6,8-9,11-13,20H,4,7,10H2,(H,26,29,30)(H2,27,28,32)/t20-/m1/s1. The van der Waals surface area contributed by atoms with E-state index in [-0.39, 0.29) is 6.04 Å². The van der Waals surface area contributed by atoms with Gasteiger partial charge in [-0.3, -0.25) is 5.10 Å². The quantitative estimate of drug-likeness (QED) is 0.411. The molecule has 32 heavy (non-hydrogen) atoms. The van der Waals surface area contributed by atoms with Crippen LogP contribution in [0.4, 0.5) is 30.8 Å². The number of para-hydroxylation sites is 1. The summed E-state index contributed by atoms with van der Waals surface area (Å²) in [6, 6.07) is 13.6. The van der Waals surface area contributed by atoms with Crippen LogP contribution in [0.2, 0.25) is 0 Å². The summed E-state index contributed by atoms with van der Waals surface area (Å²) in [5.41, 5.74) is 2.00. The van der Waals surface area contributed by atoms with E-state index in [0.717, 1.165) is 18.6 Å². The van der Waals surface area contributed by atoms with E-state index in [0.29, 0.717) is 46.8 Å². The lowest BCUT2D eigenvalue weighted by Gasteiger charge is -2.25. The number of urea groups is 1. The average molecular weight is 434 g/mol. The maximum atomic E-state index is 14.4. The van der Waals surface area contributed by atoms with Crippen molar-refractivity contribution in [2.24, 2.45) is 0 Å². The number of fused-ring (bicyclic) bond motifs is 1. The van der Waals surface area contributed by atoms with Crippen LogP contribution in [0.3, 0.4) is 0 Å². The van der Waals surface area contributed by atoms with Gasteiger partial charge in [0.05, 0.1) is 23.3 Å². The molecule has 2 amide bonds. The van der Waals surface area contributed by atoms with Crippen LogP contribution in [-0.4, -0.2) is 27.8 Å². The molecule has 0 aliphatic carbocycles. The van der Waals surface area contributed by atoms with E-state index in [4.69, 9.17) is 0 Å². The van der Waals surface area contributed by atoms with E-state index in [1.54, 1.807) is 18.2 Å². The fourth-order valence-corrected chi connectivity index (χ4v) is 4.11. The molecule has 0 spiro atoms. The zero-order chi connectivity index (χ0) is 22.1. The number of anilines is 3. The molecule has 1 fully saturated rings. The number of benzene rings is 2. The molecule has 5 rings (SSSR count). The zero-order valence-electron chi connectivity index (χ0n) is 17.0. The molecular formula is C23H20F2N6O. The molecule has 1 saturated heterocycles. The van der Waals surface area contributed by atoms with Crippen LogP contribution < -0.4 is 15.5 Å². The fraction of sp³-hybridized carbons (Fsp3) is 0.174. The molecule has 1 atom stereocenters. The van der Waals surface area contributed by atoms with Gasteiger partial charge in [-0.2, -0.15) is 5.10 Å². The second kappa shape index (κ2) is 8.26. The normalized spacial score (nSPS) is 15.8. The SMILES string of the molecule is O=C(Nc1ccccc1)Nc1cnc2[nH]nc(N3CCC[C@@H]3c3cc(F)ccc3F)c2c1. The average Bonchev–Trinajstić information content (AvgIpc) is 3.42. The molecule has 0 saturated carbocycles. The number of H-pyrrole nitrogens is 1. The molecule has 2 aromatic carbocycles. The van der Waals surface area contributed by atoms with Crippen molar-refractivity contribution in [3.63, 3.8) is 0 Å². The second-order valence-corrected chi connectivity index (χ2v) is 7.63. The van der Waals surface area contributed by atoms with E-state index < -0.39 is 17.7 Å². The number of carbonyl (C=O) groups is 1. The van der Waals surface area contributed by atoms with Gasteiger partial charge in [-0.15, -0.1) is 0 Å². The topological polar surface area (TPSA) is 85.9 Å². The van der Waals surface area contributed by atoms with Crippen LogP contribution in [0.1, 0.15) is 24.4 Å². The molecule has 4 aromatic rings. The van der Waals surface area contributed by atoms with Crippen molar-refractivity contribution in [3.05, 3.63) is 78.0 Å². The van der Waals surface area contributed by atoms with Gasteiger partial charge in [0, 0.05) is 17.8 Å². The molecule has 1 aliphatic heterocycles. The smallest absolute Gasteiger partial charge is 0.323 e. The van der Waals surface area contributed by atoms with E-state index in [1.165, 1.54) is 12.3 Å². The predicted molar refractivity (Wildman–Crippen MR) is 119 cm³/mol. The molecule has 3 heterocycles. The van der Waals surface area contributed by atoms with Crippen molar-refractivity contribution in [2.75, 3.05) is 22.1 Å². The summed E-state index contributed by atoms with van der Waals surface area (Å²) in [6.07, 6.45) is 3.03. The van der Waals surface area contributed by atoms with Gasteiger partial charge in [0.15, 0.2) is 11.5 Å². The minimum atomic E-state index is -0.474. The lowest BCUT2D eigenvalue weighted by atomic mass is 10.0. The monoisotopic (exact) mass is 434 g/mol. The van der Waals surface area contributed by atoms with Crippen molar-refractivity contribution in [1.82, 2.24) is 15.2 Å². The first-order chi connectivity index (χ1) is 15.6. The molecule has 9 heteroatoms. The zero-order valence-corrected chi connectivity index (χ0v) is 17.0. The molecule has 3 N–H and O–H groups in total. The van der Waals surface area contributed by atoms with Gasteiger partial charge in [0.2, 0.25) is 0 Å². The maximum absolute atomic E-state index is 14.4. The lowest BCUT2D eigenvalue weighted by molar-refractivity contribution is 0.262. The summed E-state index contributed by atoms with van der Waals surface area (Å²) in [6.45, 7) is 0.646. The third-order valence-corrected chi connectivity index (χ3v) is 5.53. The van der Waals surface area contributed by atoms with Gasteiger partial charge in [0.1, 0.15) is 11.6 Å². The summed E-state index contributed by atoms with van der Waals surface area (Å²) in [5.74, 6) is -0.329. The van der Waals surface area contributed by atoms with Crippen molar-refractivity contribution in [1.29, 1.82) is 0 Å². The van der Waals surface area contributed by atoms with Gasteiger partial charge in [-0.05, 0) is 49.2 Å². The fourth-order valence-electron chi connectivity index (χ4n) is 4.11. The summed E-state index contributed by atoms with van der Waals surface area (Å²) in [5, 5.41) is 13.5. The van der Waals surface area contributed by atoms with Gasteiger partial charge in [0.25, 0.3) is 0 Å². The highest BCUT2D eigenvalue weighted by Crippen LogP contribution is 2.39. The minimum Gasteiger partial charge on any atom is -0.347 e. The highest BCUT2D eigenvalue weighted by molar-refractivity contribution is 6.01. The van der Waals surface area contributed by atoms with Crippen LogP contribution >= 0.6 is 0 Å². The molecule has 7 nitrogen and oxygen atoms in total. The van der Waals surface area contributed by atoms with Crippen LogP contribution in [0, 0.1) is 11.6 Å². The summed E-state index contributed by atoms with van der Waals surface area (Å²) in [7, 11) is 0. The highest BCUT2D eigenvalue weighted by Gasteiger charge is 2.31. The summed E-state index contributed by atoms with van der Waals surface area (Å²) >= 11 is 0. The van der Waals surface area contributed by atoms with Crippen molar-refractivity contribution in [2.45, 2.75) is 18.9 Å². The first-order valence-corrected chi connectivity index (χ1v) is 10.3. The summed E-state index contributed by atoms with van der Waals surface area (Å²) in [4.78, 5) is 18.6. The Hall–Kier alpha value is -4.01. The van der Waals surface area contributed by atoms with Gasteiger partial charge < -0.3 is 15.5 Å². The Morgan fingerprint density at radius 3 is 2.72 bits per heavy atom. The number of rotatable bonds is 4. The lowest BCUT2D eigenvalue weighted by Crippen LogP contribution is -2.24.